The van der Waals surface area contributed by atoms with Gasteiger partial charge in [-0.25, -0.2) is 4.98 Å². The van der Waals surface area contributed by atoms with Crippen molar-refractivity contribution in [2.24, 2.45) is 5.92 Å². The normalized spacial score (nSPS) is 12.7. The van der Waals surface area contributed by atoms with Crippen LogP contribution < -0.4 is 5.32 Å². The van der Waals surface area contributed by atoms with E-state index in [0.717, 1.165) is 21.5 Å². The van der Waals surface area contributed by atoms with Crippen LogP contribution in [0.4, 0.5) is 0 Å². The van der Waals surface area contributed by atoms with Crippen molar-refractivity contribution in [2.45, 2.75) is 19.9 Å². The van der Waals surface area contributed by atoms with E-state index < -0.39 is 0 Å². The van der Waals surface area contributed by atoms with Crippen LogP contribution in [0.3, 0.4) is 0 Å². The Kier molecular flexibility index (Phi) is 4.45. The number of amides is 1. The lowest BCUT2D eigenvalue weighted by Gasteiger charge is -2.19. The maximum atomic E-state index is 12.3. The second kappa shape index (κ2) is 6.52. The molecule has 6 heteroatoms. The Bertz CT molecular complexity index is 828. The highest BCUT2D eigenvalue weighted by Crippen LogP contribution is 2.32. The molecule has 0 aromatic carbocycles. The van der Waals surface area contributed by atoms with E-state index in [1.807, 2.05) is 44.3 Å². The van der Waals surface area contributed by atoms with Crippen molar-refractivity contribution in [3.63, 3.8) is 0 Å². The molecular weight excluding hydrogens is 310 g/mol. The zero-order chi connectivity index (χ0) is 16.4. The summed E-state index contributed by atoms with van der Waals surface area (Å²) >= 11 is 1.44. The number of carbonyl (C=O) groups is 1. The first-order valence-electron chi connectivity index (χ1n) is 7.54. The summed E-state index contributed by atoms with van der Waals surface area (Å²) < 4.78 is 0. The minimum Gasteiger partial charge on any atom is -0.394 e. The van der Waals surface area contributed by atoms with Crippen LogP contribution in [0.5, 0.6) is 0 Å². The van der Waals surface area contributed by atoms with Crippen molar-refractivity contribution < 1.29 is 11.3 Å². The standard InChI is InChI=1S/C17H19N3O2S.H2/c1-10(2)13(9-21)20-17(22)15-4-3-14(23-15)11-5-7-18-16-12(11)6-8-19-16;/h3-8,10,13,21H,9H2,1-2H3,(H,18,19)(H,20,22);1H. The number of H-pyrrole nitrogens is 1. The van der Waals surface area contributed by atoms with Crippen LogP contribution in [0.2, 0.25) is 0 Å². The second-order valence-corrected chi connectivity index (χ2v) is 6.85. The van der Waals surface area contributed by atoms with Gasteiger partial charge in [-0.3, -0.25) is 4.79 Å². The summed E-state index contributed by atoms with van der Waals surface area (Å²) in [6.45, 7) is 3.89. The van der Waals surface area contributed by atoms with Crippen molar-refractivity contribution in [2.75, 3.05) is 6.61 Å². The Balaban J connectivity index is 0.00000208. The summed E-state index contributed by atoms with van der Waals surface area (Å²) in [7, 11) is 0. The smallest absolute Gasteiger partial charge is 0.261 e. The van der Waals surface area contributed by atoms with Crippen molar-refractivity contribution in [1.82, 2.24) is 15.3 Å². The SMILES string of the molecule is CC(C)C(CO)NC(=O)c1ccc(-c2ccnc3[nH]ccc23)s1.[HH]. The van der Waals surface area contributed by atoms with Crippen LogP contribution in [-0.4, -0.2) is 33.6 Å². The first-order valence-corrected chi connectivity index (χ1v) is 8.36. The molecule has 3 heterocycles. The molecular formula is C17H21N3O2S. The molecule has 3 N–H and O–H groups in total. The van der Waals surface area contributed by atoms with Crippen LogP contribution in [0.1, 0.15) is 24.9 Å². The Hall–Kier alpha value is -2.18. The first kappa shape index (κ1) is 15.7. The first-order chi connectivity index (χ1) is 11.1. The van der Waals surface area contributed by atoms with Gasteiger partial charge in [0.05, 0.1) is 17.5 Å². The van der Waals surface area contributed by atoms with Crippen molar-refractivity contribution in [1.29, 1.82) is 0 Å². The highest BCUT2D eigenvalue weighted by molar-refractivity contribution is 7.17. The number of thiophene rings is 1. The second-order valence-electron chi connectivity index (χ2n) is 5.77. The van der Waals surface area contributed by atoms with Crippen molar-refractivity contribution >= 4 is 28.3 Å². The van der Waals surface area contributed by atoms with E-state index in [4.69, 9.17) is 0 Å². The van der Waals surface area contributed by atoms with Crippen molar-refractivity contribution in [3.8, 4) is 10.4 Å². The molecule has 0 aliphatic carbocycles. The predicted molar refractivity (Wildman–Crippen MR) is 94.7 cm³/mol. The molecule has 0 fully saturated rings. The maximum Gasteiger partial charge on any atom is 0.261 e. The van der Waals surface area contributed by atoms with Gasteiger partial charge in [0.1, 0.15) is 5.65 Å². The Morgan fingerprint density at radius 2 is 2.22 bits per heavy atom. The number of aromatic nitrogens is 2. The Morgan fingerprint density at radius 1 is 1.39 bits per heavy atom. The lowest BCUT2D eigenvalue weighted by Crippen LogP contribution is -2.40. The fraction of sp³-hybridized carbons (Fsp3) is 0.294. The number of aliphatic hydroxyl groups excluding tert-OH is 1. The average Bonchev–Trinajstić information content (AvgIpc) is 3.20. The fourth-order valence-electron chi connectivity index (χ4n) is 2.44. The van der Waals surface area contributed by atoms with Crippen LogP contribution in [-0.2, 0) is 0 Å². The molecule has 0 radical (unpaired) electrons. The van der Waals surface area contributed by atoms with Gasteiger partial charge in [0, 0.05) is 29.6 Å². The predicted octanol–water partition coefficient (Wildman–Crippen LogP) is 3.28. The van der Waals surface area contributed by atoms with Gasteiger partial charge in [0.25, 0.3) is 5.91 Å². The number of carbonyl (C=O) groups excluding carboxylic acids is 1. The maximum absolute atomic E-state index is 12.3. The lowest BCUT2D eigenvalue weighted by molar-refractivity contribution is 0.0901. The number of hydrogen-bond donors (Lipinski definition) is 3. The molecule has 0 aliphatic heterocycles. The molecule has 0 aliphatic rings. The third-order valence-electron chi connectivity index (χ3n) is 3.87. The van der Waals surface area contributed by atoms with Gasteiger partial charge in [-0.2, -0.15) is 0 Å². The summed E-state index contributed by atoms with van der Waals surface area (Å²) in [6.07, 6.45) is 3.62. The summed E-state index contributed by atoms with van der Waals surface area (Å²) in [5.74, 6) is 0.0384. The third-order valence-corrected chi connectivity index (χ3v) is 4.99. The van der Waals surface area contributed by atoms with Gasteiger partial charge < -0.3 is 15.4 Å². The van der Waals surface area contributed by atoms with E-state index in [0.29, 0.717) is 4.88 Å². The molecule has 0 saturated heterocycles. The lowest BCUT2D eigenvalue weighted by atomic mass is 10.1. The number of fused-ring (bicyclic) bond motifs is 1. The minimum atomic E-state index is -0.231. The van der Waals surface area contributed by atoms with Crippen LogP contribution in [0.15, 0.2) is 36.7 Å². The quantitative estimate of drug-likeness (QED) is 0.671. The van der Waals surface area contributed by atoms with Gasteiger partial charge in [-0.05, 0) is 30.2 Å². The third kappa shape index (κ3) is 3.13. The highest BCUT2D eigenvalue weighted by Gasteiger charge is 2.18. The van der Waals surface area contributed by atoms with E-state index >= 15 is 0 Å². The molecule has 1 unspecified atom stereocenters. The molecule has 0 saturated carbocycles. The van der Waals surface area contributed by atoms with Crippen molar-refractivity contribution in [3.05, 3.63) is 41.5 Å². The Morgan fingerprint density at radius 3 is 2.96 bits per heavy atom. The van der Waals surface area contributed by atoms with Crippen LogP contribution in [0, 0.1) is 5.92 Å². The molecule has 0 spiro atoms. The van der Waals surface area contributed by atoms with E-state index in [1.54, 1.807) is 6.20 Å². The van der Waals surface area contributed by atoms with Gasteiger partial charge in [-0.1, -0.05) is 13.8 Å². The van der Waals surface area contributed by atoms with E-state index in [-0.39, 0.29) is 25.9 Å². The molecule has 1 atom stereocenters. The zero-order valence-electron chi connectivity index (χ0n) is 13.0. The average molecular weight is 331 g/mol. The van der Waals surface area contributed by atoms with E-state index in [2.05, 4.69) is 15.3 Å². The molecule has 3 aromatic heterocycles. The van der Waals surface area contributed by atoms with Gasteiger partial charge in [0.15, 0.2) is 0 Å². The summed E-state index contributed by atoms with van der Waals surface area (Å²) in [5.41, 5.74) is 1.89. The van der Waals surface area contributed by atoms with Crippen LogP contribution in [0.25, 0.3) is 21.5 Å². The fourth-order valence-corrected chi connectivity index (χ4v) is 3.39. The van der Waals surface area contributed by atoms with Gasteiger partial charge >= 0.3 is 0 Å². The van der Waals surface area contributed by atoms with Gasteiger partial charge in [0.2, 0.25) is 0 Å². The molecule has 23 heavy (non-hydrogen) atoms. The Labute approximate surface area is 139 Å². The molecule has 122 valence electrons. The number of rotatable bonds is 5. The number of pyridine rings is 1. The van der Waals surface area contributed by atoms with Crippen LogP contribution >= 0.6 is 11.3 Å². The topological polar surface area (TPSA) is 78.0 Å². The highest BCUT2D eigenvalue weighted by atomic mass is 32.1. The molecule has 3 aromatic rings. The number of nitrogens with zero attached hydrogens (tertiary/aromatic N) is 1. The molecule has 5 nitrogen and oxygen atoms in total. The zero-order valence-corrected chi connectivity index (χ0v) is 13.9. The number of hydrogen-bond acceptors (Lipinski definition) is 4. The van der Waals surface area contributed by atoms with E-state index in [1.165, 1.54) is 11.3 Å². The molecule has 0 bridgehead atoms. The number of nitrogens with one attached hydrogen (secondary N) is 2. The molecule has 1 amide bonds. The minimum absolute atomic E-state index is 0. The van der Waals surface area contributed by atoms with E-state index in [9.17, 15) is 9.90 Å². The van der Waals surface area contributed by atoms with Gasteiger partial charge in [-0.15, -0.1) is 11.3 Å². The number of aromatic amines is 1. The summed E-state index contributed by atoms with van der Waals surface area (Å²) in [6, 6.07) is 7.48. The largest absolute Gasteiger partial charge is 0.394 e. The number of aliphatic hydroxyl groups is 1. The summed E-state index contributed by atoms with van der Waals surface area (Å²) in [5, 5.41) is 13.3. The summed E-state index contributed by atoms with van der Waals surface area (Å²) in [4.78, 5) is 21.4. The molecule has 3 rings (SSSR count). The monoisotopic (exact) mass is 331 g/mol.